The summed E-state index contributed by atoms with van der Waals surface area (Å²) >= 11 is 0. The molecule has 9 heavy (non-hydrogen) atoms. The van der Waals surface area contributed by atoms with Crippen LogP contribution in [0.5, 0.6) is 0 Å². The van der Waals surface area contributed by atoms with Crippen LogP contribution in [0.1, 0.15) is 5.89 Å². The molecule has 0 saturated carbocycles. The normalized spacial score (nSPS) is 11.9. The number of halogens is 2. The van der Waals surface area contributed by atoms with E-state index in [0.29, 0.717) is 0 Å². The van der Waals surface area contributed by atoms with Crippen molar-refractivity contribution in [1.29, 1.82) is 0 Å². The van der Waals surface area contributed by atoms with Crippen molar-refractivity contribution in [3.8, 4) is 0 Å². The lowest BCUT2D eigenvalue weighted by atomic mass is 10.6. The highest BCUT2D eigenvalue weighted by Crippen LogP contribution is 2.21. The van der Waals surface area contributed by atoms with E-state index in [1.54, 1.807) is 0 Å². The lowest BCUT2D eigenvalue weighted by molar-refractivity contribution is -0.224. The number of hydrogen-bond acceptors (Lipinski definition) is 3. The average molecular weight is 135 g/mol. The summed E-state index contributed by atoms with van der Waals surface area (Å²) < 4.78 is 27.5. The molecule has 0 spiro atoms. The fourth-order valence-electron chi connectivity index (χ4n) is 0.372. The summed E-state index contributed by atoms with van der Waals surface area (Å²) in [5.41, 5.74) is 0. The van der Waals surface area contributed by atoms with E-state index in [2.05, 4.69) is 9.40 Å². The van der Waals surface area contributed by atoms with Crippen LogP contribution >= 0.6 is 0 Å². The summed E-state index contributed by atoms with van der Waals surface area (Å²) in [5, 5.41) is 7.89. The molecule has 0 fully saturated rings. The van der Waals surface area contributed by atoms with Crippen LogP contribution in [0.2, 0.25) is 0 Å². The van der Waals surface area contributed by atoms with Gasteiger partial charge in [-0.2, -0.15) is 8.78 Å². The van der Waals surface area contributed by atoms with Crippen molar-refractivity contribution in [2.45, 2.75) is 6.11 Å². The number of aromatic nitrogens is 1. The van der Waals surface area contributed by atoms with Gasteiger partial charge in [0.05, 0.1) is 6.20 Å². The van der Waals surface area contributed by atoms with Gasteiger partial charge in [0.15, 0.2) is 0 Å². The summed E-state index contributed by atoms with van der Waals surface area (Å²) in [7, 11) is 0. The molecule has 1 rings (SSSR count). The lowest BCUT2D eigenvalue weighted by Crippen LogP contribution is -2.11. The first-order valence-electron chi connectivity index (χ1n) is 2.11. The second-order valence-electron chi connectivity index (χ2n) is 1.38. The number of hydrogen-bond donors (Lipinski definition) is 1. The highest BCUT2D eigenvalue weighted by molar-refractivity contribution is 4.83. The number of aliphatic hydroxyl groups is 1. The van der Waals surface area contributed by atoms with Gasteiger partial charge in [0.25, 0.3) is 5.89 Å². The minimum Gasteiger partial charge on any atom is -0.442 e. The molecule has 1 aromatic heterocycles. The van der Waals surface area contributed by atoms with Gasteiger partial charge in [0, 0.05) is 0 Å². The predicted octanol–water partition coefficient (Wildman–Crippen LogP) is 0.716. The van der Waals surface area contributed by atoms with Gasteiger partial charge in [-0.05, 0) is 0 Å². The van der Waals surface area contributed by atoms with Crippen molar-refractivity contribution < 1.29 is 18.3 Å². The van der Waals surface area contributed by atoms with E-state index in [1.165, 1.54) is 0 Å². The molecule has 0 aliphatic rings. The molecule has 0 aromatic carbocycles. The Labute approximate surface area is 48.9 Å². The quantitative estimate of drug-likeness (QED) is 0.617. The second kappa shape index (κ2) is 1.77. The molecule has 3 nitrogen and oxygen atoms in total. The molecule has 1 heterocycles. The summed E-state index contributed by atoms with van der Waals surface area (Å²) in [4.78, 5) is 3.02. The molecule has 5 heteroatoms. The van der Waals surface area contributed by atoms with Crippen LogP contribution in [0.15, 0.2) is 16.9 Å². The van der Waals surface area contributed by atoms with Gasteiger partial charge in [0.1, 0.15) is 6.26 Å². The van der Waals surface area contributed by atoms with Gasteiger partial charge in [-0.15, -0.1) is 0 Å². The molecule has 0 amide bonds. The maximum absolute atomic E-state index is 11.7. The van der Waals surface area contributed by atoms with E-state index in [-0.39, 0.29) is 0 Å². The second-order valence-corrected chi connectivity index (χ2v) is 1.38. The Morgan fingerprint density at radius 3 is 2.56 bits per heavy atom. The van der Waals surface area contributed by atoms with Crippen LogP contribution in [0, 0.1) is 0 Å². The fraction of sp³-hybridized carbons (Fsp3) is 0.250. The molecule has 1 aromatic rings. The van der Waals surface area contributed by atoms with E-state index < -0.39 is 12.0 Å². The summed E-state index contributed by atoms with van der Waals surface area (Å²) in [5.74, 6) is -0.984. The van der Waals surface area contributed by atoms with Gasteiger partial charge in [-0.1, -0.05) is 0 Å². The summed E-state index contributed by atoms with van der Waals surface area (Å²) in [6.45, 7) is 0. The zero-order valence-electron chi connectivity index (χ0n) is 4.21. The molecule has 1 N–H and O–H groups in total. The number of alkyl halides is 2. The molecule has 0 unspecified atom stereocenters. The molecule has 0 atom stereocenters. The van der Waals surface area contributed by atoms with Crippen molar-refractivity contribution in [2.24, 2.45) is 0 Å². The van der Waals surface area contributed by atoms with Crippen LogP contribution in [0.3, 0.4) is 0 Å². The maximum atomic E-state index is 11.7. The Morgan fingerprint density at radius 1 is 1.67 bits per heavy atom. The lowest BCUT2D eigenvalue weighted by Gasteiger charge is -2.00. The largest absolute Gasteiger partial charge is 0.442 e. The first-order chi connectivity index (χ1) is 4.11. The Kier molecular flexibility index (Phi) is 1.21. The standard InChI is InChI=1S/C4H3F2NO2/c5-4(6,8)3-7-1-2-9-3/h1-2,8H. The molecule has 0 bridgehead atoms. The van der Waals surface area contributed by atoms with Crippen LogP contribution < -0.4 is 0 Å². The highest BCUT2D eigenvalue weighted by Gasteiger charge is 2.32. The van der Waals surface area contributed by atoms with Crippen LogP contribution in [-0.2, 0) is 6.11 Å². The number of rotatable bonds is 1. The van der Waals surface area contributed by atoms with Crippen molar-refractivity contribution in [2.75, 3.05) is 0 Å². The van der Waals surface area contributed by atoms with E-state index in [9.17, 15) is 8.78 Å². The monoisotopic (exact) mass is 135 g/mol. The van der Waals surface area contributed by atoms with Gasteiger partial charge >= 0.3 is 6.11 Å². The smallest absolute Gasteiger partial charge is 0.431 e. The Hall–Kier alpha value is -0.970. The Morgan fingerprint density at radius 2 is 2.33 bits per heavy atom. The molecule has 0 radical (unpaired) electrons. The van der Waals surface area contributed by atoms with E-state index in [1.807, 2.05) is 0 Å². The molecule has 0 aliphatic carbocycles. The SMILES string of the molecule is OC(F)(F)c1ncco1. The molecular weight excluding hydrogens is 132 g/mol. The highest BCUT2D eigenvalue weighted by atomic mass is 19.3. The fourth-order valence-corrected chi connectivity index (χ4v) is 0.372. The van der Waals surface area contributed by atoms with Crippen molar-refractivity contribution in [1.82, 2.24) is 4.98 Å². The maximum Gasteiger partial charge on any atom is 0.431 e. The minimum atomic E-state index is -3.95. The average Bonchev–Trinajstić information content (AvgIpc) is 2.08. The van der Waals surface area contributed by atoms with Crippen LogP contribution in [0.4, 0.5) is 8.78 Å². The summed E-state index contributed by atoms with van der Waals surface area (Å²) in [6.07, 6.45) is -1.97. The van der Waals surface area contributed by atoms with E-state index in [4.69, 9.17) is 5.11 Å². The third-order valence-corrected chi connectivity index (χ3v) is 0.690. The first kappa shape index (κ1) is 6.15. The number of oxazole rings is 1. The van der Waals surface area contributed by atoms with Crippen molar-refractivity contribution in [3.63, 3.8) is 0 Å². The molecule has 50 valence electrons. The third kappa shape index (κ3) is 1.23. The third-order valence-electron chi connectivity index (χ3n) is 0.690. The molecular formula is C4H3F2NO2. The van der Waals surface area contributed by atoms with E-state index in [0.717, 1.165) is 12.5 Å². The van der Waals surface area contributed by atoms with Crippen molar-refractivity contribution >= 4 is 0 Å². The number of nitrogens with zero attached hydrogens (tertiary/aromatic N) is 1. The van der Waals surface area contributed by atoms with Crippen LogP contribution in [-0.4, -0.2) is 10.1 Å². The van der Waals surface area contributed by atoms with Crippen molar-refractivity contribution in [3.05, 3.63) is 18.4 Å². The van der Waals surface area contributed by atoms with Gasteiger partial charge in [-0.25, -0.2) is 4.98 Å². The Bertz CT molecular complexity index is 179. The summed E-state index contributed by atoms with van der Waals surface area (Å²) in [6, 6.07) is 0. The minimum absolute atomic E-state index is 0.958. The van der Waals surface area contributed by atoms with Gasteiger partial charge in [-0.3, -0.25) is 0 Å². The van der Waals surface area contributed by atoms with Gasteiger partial charge < -0.3 is 9.52 Å². The molecule has 0 aliphatic heterocycles. The van der Waals surface area contributed by atoms with E-state index >= 15 is 0 Å². The Balaban J connectivity index is 2.90. The molecule has 0 saturated heterocycles. The van der Waals surface area contributed by atoms with Crippen LogP contribution in [0.25, 0.3) is 0 Å². The predicted molar refractivity (Wildman–Crippen MR) is 22.6 cm³/mol. The topological polar surface area (TPSA) is 46.3 Å². The zero-order chi connectivity index (χ0) is 6.91. The van der Waals surface area contributed by atoms with Gasteiger partial charge in [0.2, 0.25) is 0 Å². The first-order valence-corrected chi connectivity index (χ1v) is 2.11. The zero-order valence-corrected chi connectivity index (χ0v) is 4.21.